The first-order chi connectivity index (χ1) is 13.0. The molecule has 2 aromatic heterocycles. The molecule has 0 saturated heterocycles. The van der Waals surface area contributed by atoms with Crippen LogP contribution in [-0.4, -0.2) is 16.9 Å². The van der Waals surface area contributed by atoms with Crippen molar-refractivity contribution >= 4 is 45.9 Å². The van der Waals surface area contributed by atoms with Crippen molar-refractivity contribution in [1.82, 2.24) is 9.78 Å². The zero-order valence-electron chi connectivity index (χ0n) is 14.1. The SMILES string of the molecule is C=c1[nH]n(-c2cccc(Cl)c2)c(=O)/c1=C/c1cc(OC)c2oc(=O)sc2c1. The van der Waals surface area contributed by atoms with Gasteiger partial charge in [-0.15, -0.1) is 0 Å². The molecule has 0 radical (unpaired) electrons. The molecule has 0 atom stereocenters. The summed E-state index contributed by atoms with van der Waals surface area (Å²) in [5.41, 5.74) is 1.43. The summed E-state index contributed by atoms with van der Waals surface area (Å²) in [5, 5.41) is 4.33. The molecule has 4 aromatic rings. The summed E-state index contributed by atoms with van der Waals surface area (Å²) < 4.78 is 12.5. The molecule has 0 bridgehead atoms. The third kappa shape index (κ3) is 3.11. The number of hydrogen-bond donors (Lipinski definition) is 1. The Morgan fingerprint density at radius 3 is 2.85 bits per heavy atom. The molecular formula is C19H13ClN2O4S. The maximum Gasteiger partial charge on any atom is 0.396 e. The second-order valence-corrected chi connectivity index (χ2v) is 7.19. The minimum atomic E-state index is -0.414. The Morgan fingerprint density at radius 1 is 1.30 bits per heavy atom. The molecule has 2 aromatic carbocycles. The van der Waals surface area contributed by atoms with Crippen molar-refractivity contribution in [3.05, 3.63) is 77.6 Å². The Hall–Kier alpha value is -3.03. The van der Waals surface area contributed by atoms with E-state index >= 15 is 0 Å². The monoisotopic (exact) mass is 400 g/mol. The Balaban J connectivity index is 1.93. The Kier molecular flexibility index (Phi) is 4.25. The summed E-state index contributed by atoms with van der Waals surface area (Å²) in [6, 6.07) is 10.4. The van der Waals surface area contributed by atoms with Crippen LogP contribution in [0.15, 0.2) is 50.4 Å². The normalized spacial score (nSPS) is 12.0. The van der Waals surface area contributed by atoms with Gasteiger partial charge in [-0.1, -0.05) is 35.6 Å². The van der Waals surface area contributed by atoms with Gasteiger partial charge in [-0.3, -0.25) is 9.89 Å². The van der Waals surface area contributed by atoms with E-state index in [0.29, 0.717) is 42.9 Å². The van der Waals surface area contributed by atoms with Gasteiger partial charge in [-0.2, -0.15) is 0 Å². The lowest BCUT2D eigenvalue weighted by molar-refractivity contribution is 0.408. The number of aromatic nitrogens is 2. The number of H-pyrrole nitrogens is 1. The third-order valence-electron chi connectivity index (χ3n) is 4.02. The predicted molar refractivity (Wildman–Crippen MR) is 107 cm³/mol. The lowest BCUT2D eigenvalue weighted by Crippen LogP contribution is -2.33. The van der Waals surface area contributed by atoms with Crippen molar-refractivity contribution in [3.63, 3.8) is 0 Å². The minimum absolute atomic E-state index is 0.262. The molecule has 27 heavy (non-hydrogen) atoms. The molecule has 136 valence electrons. The Bertz CT molecular complexity index is 1390. The first kappa shape index (κ1) is 17.4. The van der Waals surface area contributed by atoms with E-state index in [4.69, 9.17) is 20.8 Å². The highest BCUT2D eigenvalue weighted by molar-refractivity contribution is 7.16. The van der Waals surface area contributed by atoms with Crippen LogP contribution in [0.25, 0.3) is 28.6 Å². The van der Waals surface area contributed by atoms with Crippen molar-refractivity contribution in [2.24, 2.45) is 0 Å². The highest BCUT2D eigenvalue weighted by Gasteiger charge is 2.11. The van der Waals surface area contributed by atoms with Crippen molar-refractivity contribution < 1.29 is 9.15 Å². The fourth-order valence-electron chi connectivity index (χ4n) is 2.81. The summed E-state index contributed by atoms with van der Waals surface area (Å²) in [7, 11) is 1.49. The van der Waals surface area contributed by atoms with Crippen molar-refractivity contribution in [2.45, 2.75) is 0 Å². The molecule has 0 amide bonds. The van der Waals surface area contributed by atoms with Crippen LogP contribution in [0.1, 0.15) is 5.56 Å². The van der Waals surface area contributed by atoms with Crippen LogP contribution in [0.2, 0.25) is 5.02 Å². The smallest absolute Gasteiger partial charge is 0.396 e. The predicted octanol–water partition coefficient (Wildman–Crippen LogP) is 2.23. The molecule has 0 aliphatic rings. The first-order valence-electron chi connectivity index (χ1n) is 7.85. The molecule has 1 N–H and O–H groups in total. The summed E-state index contributed by atoms with van der Waals surface area (Å²) in [5.74, 6) is 0.424. The summed E-state index contributed by atoms with van der Waals surface area (Å²) in [4.78, 5) is 24.0. The van der Waals surface area contributed by atoms with Crippen molar-refractivity contribution in [1.29, 1.82) is 0 Å². The number of rotatable bonds is 3. The van der Waals surface area contributed by atoms with Gasteiger partial charge in [0.25, 0.3) is 5.56 Å². The van der Waals surface area contributed by atoms with E-state index in [2.05, 4.69) is 11.7 Å². The molecule has 0 aliphatic heterocycles. The van der Waals surface area contributed by atoms with Crippen LogP contribution in [0.4, 0.5) is 0 Å². The molecule has 8 heteroatoms. The fraction of sp³-hybridized carbons (Fsp3) is 0.0526. The molecule has 0 spiro atoms. The molecule has 0 aliphatic carbocycles. The van der Waals surface area contributed by atoms with Crippen molar-refractivity contribution in [2.75, 3.05) is 7.11 Å². The lowest BCUT2D eigenvalue weighted by atomic mass is 10.1. The quantitative estimate of drug-likeness (QED) is 0.572. The number of benzene rings is 2. The minimum Gasteiger partial charge on any atom is -0.493 e. The fourth-order valence-corrected chi connectivity index (χ4v) is 3.73. The van der Waals surface area contributed by atoms with Crippen LogP contribution in [0.5, 0.6) is 5.75 Å². The lowest BCUT2D eigenvalue weighted by Gasteiger charge is -2.01. The molecule has 0 unspecified atom stereocenters. The van der Waals surface area contributed by atoms with Gasteiger partial charge >= 0.3 is 4.94 Å². The van der Waals surface area contributed by atoms with E-state index in [1.807, 2.05) is 0 Å². The van der Waals surface area contributed by atoms with Gasteiger partial charge in [0.05, 0.1) is 28.1 Å². The van der Waals surface area contributed by atoms with E-state index in [1.165, 1.54) is 11.8 Å². The Labute approximate surface area is 161 Å². The number of halogens is 1. The van der Waals surface area contributed by atoms with Crippen LogP contribution in [-0.2, 0) is 0 Å². The van der Waals surface area contributed by atoms with Gasteiger partial charge in [-0.25, -0.2) is 9.48 Å². The largest absolute Gasteiger partial charge is 0.493 e. The second kappa shape index (κ2) is 6.61. The second-order valence-electron chi connectivity index (χ2n) is 5.77. The number of aromatic amines is 1. The number of ether oxygens (including phenoxy) is 1. The Morgan fingerprint density at radius 2 is 2.11 bits per heavy atom. The summed E-state index contributed by atoms with van der Waals surface area (Å²) >= 11 is 6.99. The van der Waals surface area contributed by atoms with Gasteiger partial charge in [0.15, 0.2) is 11.3 Å². The molecule has 4 rings (SSSR count). The highest BCUT2D eigenvalue weighted by Crippen LogP contribution is 2.29. The summed E-state index contributed by atoms with van der Waals surface area (Å²) in [6.45, 7) is 3.92. The van der Waals surface area contributed by atoms with E-state index < -0.39 is 4.94 Å². The number of nitrogens with zero attached hydrogens (tertiary/aromatic N) is 1. The maximum absolute atomic E-state index is 12.8. The van der Waals surface area contributed by atoms with Gasteiger partial charge in [0.2, 0.25) is 0 Å². The van der Waals surface area contributed by atoms with E-state index in [0.717, 1.165) is 11.3 Å². The molecule has 6 nitrogen and oxygen atoms in total. The van der Waals surface area contributed by atoms with Crippen LogP contribution in [0, 0.1) is 0 Å². The maximum atomic E-state index is 12.8. The van der Waals surface area contributed by atoms with E-state index in [9.17, 15) is 9.59 Å². The van der Waals surface area contributed by atoms with Crippen LogP contribution >= 0.6 is 22.9 Å². The van der Waals surface area contributed by atoms with Gasteiger partial charge in [0.1, 0.15) is 0 Å². The van der Waals surface area contributed by atoms with Crippen LogP contribution in [0.3, 0.4) is 0 Å². The topological polar surface area (TPSA) is 77.2 Å². The zero-order valence-corrected chi connectivity index (χ0v) is 15.7. The zero-order chi connectivity index (χ0) is 19.1. The molecular weight excluding hydrogens is 388 g/mol. The highest BCUT2D eigenvalue weighted by atomic mass is 35.5. The third-order valence-corrected chi connectivity index (χ3v) is 5.03. The standard InChI is InChI=1S/C19H13ClN2O4S/c1-10-14(18(23)22(21-10)13-5-3-4-12(20)9-13)6-11-7-15(25-2)17-16(8-11)27-19(24)26-17/h3-9,21H,1H2,2H3/b14-6+. The van der Waals surface area contributed by atoms with E-state index in [1.54, 1.807) is 42.5 Å². The van der Waals surface area contributed by atoms with Gasteiger partial charge in [0, 0.05) is 5.02 Å². The number of methoxy groups -OCH3 is 1. The van der Waals surface area contributed by atoms with Gasteiger partial charge < -0.3 is 9.15 Å². The van der Waals surface area contributed by atoms with Crippen molar-refractivity contribution in [3.8, 4) is 11.4 Å². The van der Waals surface area contributed by atoms with Crippen LogP contribution < -0.4 is 25.8 Å². The van der Waals surface area contributed by atoms with E-state index in [-0.39, 0.29) is 5.56 Å². The molecule has 0 saturated carbocycles. The molecule has 0 fully saturated rings. The number of fused-ring (bicyclic) bond motifs is 1. The average molecular weight is 401 g/mol. The average Bonchev–Trinajstić information content (AvgIpc) is 3.14. The molecule has 2 heterocycles. The number of nitrogens with one attached hydrogen (secondary N) is 1. The summed E-state index contributed by atoms with van der Waals surface area (Å²) in [6.07, 6.45) is 1.69. The van der Waals surface area contributed by atoms with Gasteiger partial charge in [-0.05, 0) is 42.0 Å². The number of hydrogen-bond acceptors (Lipinski definition) is 5. The first-order valence-corrected chi connectivity index (χ1v) is 9.05.